The molecule has 4 N–H and O–H groups in total. The summed E-state index contributed by atoms with van der Waals surface area (Å²) in [5.41, 5.74) is 6.49. The number of aldehydes is 1. The predicted octanol–water partition coefficient (Wildman–Crippen LogP) is 3.33. The second kappa shape index (κ2) is 11.1. The number of hydrogen-bond donors (Lipinski definition) is 2. The van der Waals surface area contributed by atoms with Gasteiger partial charge in [0.05, 0.1) is 17.9 Å². The highest BCUT2D eigenvalue weighted by Crippen LogP contribution is 2.25. The van der Waals surface area contributed by atoms with Crippen molar-refractivity contribution in [3.05, 3.63) is 61.2 Å². The van der Waals surface area contributed by atoms with E-state index in [4.69, 9.17) is 17.3 Å². The zero-order chi connectivity index (χ0) is 19.7. The predicted molar refractivity (Wildman–Crippen MR) is 104 cm³/mol. The molecule has 1 aromatic carbocycles. The minimum Gasteiger partial charge on any atom is -0.397 e. The zero-order valence-electron chi connectivity index (χ0n) is 14.2. The van der Waals surface area contributed by atoms with E-state index in [-0.39, 0.29) is 22.1 Å². The first-order valence-corrected chi connectivity index (χ1v) is 8.92. The monoisotopic (exact) mass is 447 g/mol. The van der Waals surface area contributed by atoms with Crippen LogP contribution in [0, 0.1) is 5.82 Å². The van der Waals surface area contributed by atoms with E-state index in [1.165, 1.54) is 16.7 Å². The molecule has 6 nitrogen and oxygen atoms in total. The number of nitrogens with two attached hydrogens (primary N) is 2. The molecule has 0 unspecified atom stereocenters. The third kappa shape index (κ3) is 5.91. The summed E-state index contributed by atoms with van der Waals surface area (Å²) in [7, 11) is 0. The minimum absolute atomic E-state index is 0.0437. The molecule has 2 heterocycles. The summed E-state index contributed by atoms with van der Waals surface area (Å²) in [6, 6.07) is 6.26. The van der Waals surface area contributed by atoms with Gasteiger partial charge in [0.1, 0.15) is 10.8 Å². The number of fused-ring (bicyclic) bond motifs is 1. The maximum absolute atomic E-state index is 12.1. The second-order valence-electron chi connectivity index (χ2n) is 5.16. The lowest BCUT2D eigenvalue weighted by molar-refractivity contribution is 0.112. The van der Waals surface area contributed by atoms with Crippen LogP contribution in [0.4, 0.5) is 10.1 Å². The van der Waals surface area contributed by atoms with Crippen molar-refractivity contribution in [1.29, 1.82) is 0 Å². The van der Waals surface area contributed by atoms with Crippen molar-refractivity contribution >= 4 is 39.5 Å². The molecule has 26 heavy (non-hydrogen) atoms. The third-order valence-electron chi connectivity index (χ3n) is 3.46. The smallest absolute Gasteiger partial charge is 0.271 e. The number of nitrogen functional groups attached to an aromatic ring is 1. The molecule has 0 fully saturated rings. The molecular weight excluding hydrogens is 429 g/mol. The lowest BCUT2D eigenvalue weighted by Crippen LogP contribution is -2.23. The quantitative estimate of drug-likeness (QED) is 0.542. The number of pyridine rings is 1. The number of hydrogen-bond acceptors (Lipinski definition) is 5. The molecule has 0 amide bonds. The first kappa shape index (κ1) is 22.3. The molecule has 9 heteroatoms. The molecule has 0 bridgehead atoms. The van der Waals surface area contributed by atoms with Crippen molar-refractivity contribution in [3.8, 4) is 0 Å². The Morgan fingerprint density at radius 3 is 2.58 bits per heavy atom. The van der Waals surface area contributed by atoms with Gasteiger partial charge in [-0.15, -0.1) is 0 Å². The fraction of sp³-hybridized carbons (Fsp3) is 0.294. The molecule has 1 aliphatic heterocycles. The first-order valence-electron chi connectivity index (χ1n) is 7.75. The van der Waals surface area contributed by atoms with E-state index >= 15 is 0 Å². The van der Waals surface area contributed by atoms with Gasteiger partial charge in [0.2, 0.25) is 0 Å². The van der Waals surface area contributed by atoms with Crippen molar-refractivity contribution in [3.63, 3.8) is 0 Å². The van der Waals surface area contributed by atoms with Gasteiger partial charge in [-0.3, -0.25) is 9.59 Å². The second-order valence-corrected chi connectivity index (χ2v) is 6.46. The number of benzene rings is 1. The summed E-state index contributed by atoms with van der Waals surface area (Å²) < 4.78 is 14.4. The molecule has 142 valence electrons. The van der Waals surface area contributed by atoms with Crippen LogP contribution in [0.5, 0.6) is 0 Å². The third-order valence-corrected chi connectivity index (χ3v) is 4.32. The van der Waals surface area contributed by atoms with Crippen LogP contribution in [0.2, 0.25) is 5.02 Å². The number of carbonyl (C=O) groups is 1. The fourth-order valence-corrected chi connectivity index (χ4v) is 2.85. The van der Waals surface area contributed by atoms with Gasteiger partial charge < -0.3 is 15.1 Å². The number of carbonyl (C=O) groups excluding carboxylic acids is 1. The van der Waals surface area contributed by atoms with Crippen LogP contribution in [-0.4, -0.2) is 17.5 Å². The Kier molecular flexibility index (Phi) is 9.50. The standard InChI is InChI=1S/C9H9ClN2O2.C6H4BrF.C2H7NO/c10-7-8(11)5(4-13)6-2-1-3-12(6)9(7)14;7-5-2-1-3-6(8)4-5;1-2-4-3/h4H,1-3,11H2;1-4H;2-3H2,1H3. The highest BCUT2D eigenvalue weighted by molar-refractivity contribution is 9.10. The number of halogens is 3. The lowest BCUT2D eigenvalue weighted by atomic mass is 10.1. The van der Waals surface area contributed by atoms with Gasteiger partial charge in [-0.25, -0.2) is 10.3 Å². The van der Waals surface area contributed by atoms with E-state index in [1.807, 2.05) is 6.92 Å². The SMILES string of the molecule is CCON.Fc1cccc(Br)c1.Nc1c(C=O)c2n(c(=O)c1Cl)CCC2. The maximum atomic E-state index is 12.1. The normalized spacial score (nSPS) is 11.6. The molecule has 1 aliphatic rings. The average Bonchev–Trinajstić information content (AvgIpc) is 3.10. The van der Waals surface area contributed by atoms with E-state index in [1.54, 1.807) is 12.1 Å². The molecule has 3 rings (SSSR count). The van der Waals surface area contributed by atoms with Crippen molar-refractivity contribution < 1.29 is 14.0 Å². The summed E-state index contributed by atoms with van der Waals surface area (Å²) in [6.07, 6.45) is 2.23. The molecule has 0 atom stereocenters. The molecule has 0 saturated carbocycles. The van der Waals surface area contributed by atoms with Crippen LogP contribution in [0.25, 0.3) is 0 Å². The summed E-state index contributed by atoms with van der Waals surface area (Å²) in [4.78, 5) is 26.4. The van der Waals surface area contributed by atoms with Crippen LogP contribution >= 0.6 is 27.5 Å². The van der Waals surface area contributed by atoms with Gasteiger partial charge in [0, 0.05) is 16.7 Å². The minimum atomic E-state index is -0.290. The van der Waals surface area contributed by atoms with Gasteiger partial charge in [-0.05, 0) is 38.0 Å². The van der Waals surface area contributed by atoms with Crippen molar-refractivity contribution in [1.82, 2.24) is 4.57 Å². The molecule has 0 radical (unpaired) electrons. The summed E-state index contributed by atoms with van der Waals surface area (Å²) in [6.45, 7) is 3.05. The van der Waals surface area contributed by atoms with Gasteiger partial charge in [-0.1, -0.05) is 33.6 Å². The van der Waals surface area contributed by atoms with Crippen LogP contribution in [0.15, 0.2) is 33.5 Å². The topological polar surface area (TPSA) is 100 Å². The molecule has 0 saturated heterocycles. The number of aromatic nitrogens is 1. The van der Waals surface area contributed by atoms with E-state index < -0.39 is 0 Å². The Morgan fingerprint density at radius 2 is 2.12 bits per heavy atom. The summed E-state index contributed by atoms with van der Waals surface area (Å²) in [5, 5.41) is -0.0437. The Balaban J connectivity index is 0.000000238. The number of nitrogens with zero attached hydrogens (tertiary/aromatic N) is 1. The summed E-state index contributed by atoms with van der Waals surface area (Å²) in [5.74, 6) is 4.32. The number of anilines is 1. The Bertz CT molecular complexity index is 795. The first-order chi connectivity index (χ1) is 12.4. The Morgan fingerprint density at radius 1 is 1.46 bits per heavy atom. The van der Waals surface area contributed by atoms with E-state index in [0.717, 1.165) is 10.9 Å². The van der Waals surface area contributed by atoms with E-state index in [0.29, 0.717) is 37.1 Å². The van der Waals surface area contributed by atoms with Gasteiger partial charge in [0.25, 0.3) is 5.56 Å². The van der Waals surface area contributed by atoms with Gasteiger partial charge in [0.15, 0.2) is 6.29 Å². The van der Waals surface area contributed by atoms with E-state index in [2.05, 4.69) is 26.7 Å². The fourth-order valence-electron chi connectivity index (χ4n) is 2.28. The largest absolute Gasteiger partial charge is 0.397 e. The zero-order valence-corrected chi connectivity index (χ0v) is 16.5. The van der Waals surface area contributed by atoms with Crippen molar-refractivity contribution in [2.75, 3.05) is 12.3 Å². The van der Waals surface area contributed by atoms with Gasteiger partial charge in [-0.2, -0.15) is 0 Å². The molecule has 2 aromatic rings. The van der Waals surface area contributed by atoms with Crippen LogP contribution in [0.3, 0.4) is 0 Å². The highest BCUT2D eigenvalue weighted by atomic mass is 79.9. The van der Waals surface area contributed by atoms with Crippen molar-refractivity contribution in [2.45, 2.75) is 26.3 Å². The molecule has 0 spiro atoms. The molecular formula is C17H20BrClFN3O3. The van der Waals surface area contributed by atoms with E-state index in [9.17, 15) is 14.0 Å². The number of rotatable bonds is 2. The Labute approximate surface area is 164 Å². The van der Waals surface area contributed by atoms with Gasteiger partial charge >= 0.3 is 0 Å². The summed E-state index contributed by atoms with van der Waals surface area (Å²) >= 11 is 8.85. The Hall–Kier alpha value is -1.74. The van der Waals surface area contributed by atoms with Crippen LogP contribution in [0.1, 0.15) is 29.4 Å². The maximum Gasteiger partial charge on any atom is 0.271 e. The van der Waals surface area contributed by atoms with Crippen molar-refractivity contribution in [2.24, 2.45) is 5.90 Å². The highest BCUT2D eigenvalue weighted by Gasteiger charge is 2.21. The average molecular weight is 449 g/mol. The van der Waals surface area contributed by atoms with Crippen LogP contribution < -0.4 is 17.2 Å². The van der Waals surface area contributed by atoms with Crippen LogP contribution in [-0.2, 0) is 17.8 Å². The lowest BCUT2D eigenvalue weighted by Gasteiger charge is -2.09. The molecule has 0 aliphatic carbocycles. The molecule has 1 aromatic heterocycles.